The predicted molar refractivity (Wildman–Crippen MR) is 78.4 cm³/mol. The molecule has 106 valence electrons. The number of nitrogens with two attached hydrogens (primary N) is 1. The molecule has 0 aromatic heterocycles. The molecular weight excluding hydrogens is 242 g/mol. The number of nitrogen functional groups attached to an aromatic ring is 1. The molecule has 1 aromatic rings. The van der Waals surface area contributed by atoms with E-state index in [-0.39, 0.29) is 11.9 Å². The molecule has 1 atom stereocenters. The van der Waals surface area contributed by atoms with E-state index in [1.807, 2.05) is 26.8 Å². The van der Waals surface area contributed by atoms with Gasteiger partial charge in [-0.3, -0.25) is 4.79 Å². The van der Waals surface area contributed by atoms with Crippen molar-refractivity contribution in [1.29, 1.82) is 0 Å². The number of ether oxygens (including phenoxy) is 1. The predicted octanol–water partition coefficient (Wildman–Crippen LogP) is 1.95. The van der Waals surface area contributed by atoms with Crippen LogP contribution in [0.4, 0.5) is 11.4 Å². The molecule has 1 rings (SSSR count). The maximum Gasteiger partial charge on any atom is 0.244 e. The number of hydrogen-bond acceptors (Lipinski definition) is 4. The summed E-state index contributed by atoms with van der Waals surface area (Å²) >= 11 is 0. The van der Waals surface area contributed by atoms with E-state index in [0.717, 1.165) is 5.69 Å². The van der Waals surface area contributed by atoms with E-state index < -0.39 is 0 Å². The van der Waals surface area contributed by atoms with Gasteiger partial charge in [-0.25, -0.2) is 0 Å². The number of carbonyl (C=O) groups excluding carboxylic acids is 1. The number of amides is 1. The van der Waals surface area contributed by atoms with Gasteiger partial charge >= 0.3 is 0 Å². The van der Waals surface area contributed by atoms with Crippen molar-refractivity contribution < 1.29 is 9.53 Å². The van der Waals surface area contributed by atoms with Crippen molar-refractivity contribution in [3.8, 4) is 5.75 Å². The SMILES string of the molecule is CCN(CC)C(=O)C(C)Nc1ccc(N)c(OC)c1. The van der Waals surface area contributed by atoms with Gasteiger partial charge in [0.2, 0.25) is 5.91 Å². The fourth-order valence-corrected chi connectivity index (χ4v) is 1.92. The zero-order chi connectivity index (χ0) is 14.4. The molecule has 1 amide bonds. The zero-order valence-corrected chi connectivity index (χ0v) is 12.1. The molecule has 5 heteroatoms. The number of hydrogen-bond donors (Lipinski definition) is 2. The molecule has 19 heavy (non-hydrogen) atoms. The maximum atomic E-state index is 12.1. The van der Waals surface area contributed by atoms with Crippen molar-refractivity contribution in [2.24, 2.45) is 0 Å². The number of nitrogens with zero attached hydrogens (tertiary/aromatic N) is 1. The third-order valence-electron chi connectivity index (χ3n) is 3.06. The summed E-state index contributed by atoms with van der Waals surface area (Å²) in [7, 11) is 1.57. The summed E-state index contributed by atoms with van der Waals surface area (Å²) in [5, 5.41) is 3.17. The number of likely N-dealkylation sites (N-methyl/N-ethyl adjacent to an activating group) is 1. The Morgan fingerprint density at radius 3 is 2.58 bits per heavy atom. The van der Waals surface area contributed by atoms with Crippen LogP contribution in [0.25, 0.3) is 0 Å². The van der Waals surface area contributed by atoms with E-state index in [1.54, 1.807) is 24.1 Å². The summed E-state index contributed by atoms with van der Waals surface area (Å²) in [5.74, 6) is 0.688. The zero-order valence-electron chi connectivity index (χ0n) is 12.1. The van der Waals surface area contributed by atoms with Crippen LogP contribution in [0.15, 0.2) is 18.2 Å². The standard InChI is InChI=1S/C14H23N3O2/c1-5-17(6-2)14(18)10(3)16-11-7-8-12(15)13(9-11)19-4/h7-10,16H,5-6,15H2,1-4H3. The van der Waals surface area contributed by atoms with Crippen LogP contribution in [0, 0.1) is 0 Å². The Morgan fingerprint density at radius 1 is 1.42 bits per heavy atom. The Balaban J connectivity index is 2.76. The topological polar surface area (TPSA) is 67.6 Å². The summed E-state index contributed by atoms with van der Waals surface area (Å²) in [6, 6.07) is 5.11. The molecular formula is C14H23N3O2. The third kappa shape index (κ3) is 3.77. The molecule has 0 aliphatic heterocycles. The van der Waals surface area contributed by atoms with Gasteiger partial charge in [0.15, 0.2) is 0 Å². The number of nitrogens with one attached hydrogen (secondary N) is 1. The third-order valence-corrected chi connectivity index (χ3v) is 3.06. The first-order valence-corrected chi connectivity index (χ1v) is 6.52. The highest BCUT2D eigenvalue weighted by Crippen LogP contribution is 2.25. The lowest BCUT2D eigenvalue weighted by atomic mass is 10.2. The summed E-state index contributed by atoms with van der Waals surface area (Å²) in [5.41, 5.74) is 7.15. The first-order chi connectivity index (χ1) is 9.03. The van der Waals surface area contributed by atoms with Crippen LogP contribution in [0.1, 0.15) is 20.8 Å². The maximum absolute atomic E-state index is 12.1. The lowest BCUT2D eigenvalue weighted by Crippen LogP contribution is -2.41. The van der Waals surface area contributed by atoms with Gasteiger partial charge in [0, 0.05) is 24.8 Å². The largest absolute Gasteiger partial charge is 0.495 e. The van der Waals surface area contributed by atoms with Gasteiger partial charge in [-0.05, 0) is 32.9 Å². The molecule has 0 heterocycles. The van der Waals surface area contributed by atoms with Crippen LogP contribution in [0.5, 0.6) is 5.75 Å². The van der Waals surface area contributed by atoms with E-state index >= 15 is 0 Å². The second-order valence-electron chi connectivity index (χ2n) is 4.33. The van der Waals surface area contributed by atoms with Crippen LogP contribution in [0.3, 0.4) is 0 Å². The molecule has 5 nitrogen and oxygen atoms in total. The minimum Gasteiger partial charge on any atom is -0.495 e. The second-order valence-corrected chi connectivity index (χ2v) is 4.33. The quantitative estimate of drug-likeness (QED) is 0.771. The van der Waals surface area contributed by atoms with Gasteiger partial charge in [0.05, 0.1) is 12.8 Å². The van der Waals surface area contributed by atoms with Crippen molar-refractivity contribution in [3.63, 3.8) is 0 Å². The lowest BCUT2D eigenvalue weighted by molar-refractivity contribution is -0.131. The van der Waals surface area contributed by atoms with Crippen LogP contribution in [-0.2, 0) is 4.79 Å². The van der Waals surface area contributed by atoms with E-state index in [2.05, 4.69) is 5.32 Å². The van der Waals surface area contributed by atoms with Gasteiger partial charge in [-0.2, -0.15) is 0 Å². The van der Waals surface area contributed by atoms with Gasteiger partial charge in [0.25, 0.3) is 0 Å². The van der Waals surface area contributed by atoms with Crippen LogP contribution < -0.4 is 15.8 Å². The minimum absolute atomic E-state index is 0.0841. The average Bonchev–Trinajstić information content (AvgIpc) is 2.42. The minimum atomic E-state index is -0.284. The second kappa shape index (κ2) is 6.87. The smallest absolute Gasteiger partial charge is 0.244 e. The summed E-state index contributed by atoms with van der Waals surface area (Å²) in [6.45, 7) is 7.23. The van der Waals surface area contributed by atoms with Crippen LogP contribution >= 0.6 is 0 Å². The fraction of sp³-hybridized carbons (Fsp3) is 0.500. The van der Waals surface area contributed by atoms with Crippen molar-refractivity contribution in [3.05, 3.63) is 18.2 Å². The molecule has 0 aliphatic carbocycles. The Kier molecular flexibility index (Phi) is 5.48. The van der Waals surface area contributed by atoms with Crippen molar-refractivity contribution >= 4 is 17.3 Å². The van der Waals surface area contributed by atoms with E-state index in [1.165, 1.54) is 0 Å². The van der Waals surface area contributed by atoms with Gasteiger partial charge < -0.3 is 20.7 Å². The number of anilines is 2. The first kappa shape index (κ1) is 15.1. The van der Waals surface area contributed by atoms with Crippen molar-refractivity contribution in [2.75, 3.05) is 31.2 Å². The van der Waals surface area contributed by atoms with Gasteiger partial charge in [-0.1, -0.05) is 0 Å². The Labute approximate surface area is 114 Å². The molecule has 0 saturated heterocycles. The Bertz CT molecular complexity index is 431. The molecule has 0 saturated carbocycles. The molecule has 1 aromatic carbocycles. The highest BCUT2D eigenvalue weighted by atomic mass is 16.5. The van der Waals surface area contributed by atoms with Crippen LogP contribution in [0.2, 0.25) is 0 Å². The monoisotopic (exact) mass is 265 g/mol. The molecule has 0 aliphatic rings. The Hall–Kier alpha value is -1.91. The number of rotatable bonds is 6. The molecule has 3 N–H and O–H groups in total. The highest BCUT2D eigenvalue weighted by molar-refractivity contribution is 5.84. The number of benzene rings is 1. The van der Waals surface area contributed by atoms with Crippen molar-refractivity contribution in [2.45, 2.75) is 26.8 Å². The van der Waals surface area contributed by atoms with Crippen LogP contribution in [-0.4, -0.2) is 37.0 Å². The molecule has 0 bridgehead atoms. The average molecular weight is 265 g/mol. The van der Waals surface area contributed by atoms with Gasteiger partial charge in [-0.15, -0.1) is 0 Å². The normalized spacial score (nSPS) is 11.8. The Morgan fingerprint density at radius 2 is 2.05 bits per heavy atom. The fourth-order valence-electron chi connectivity index (χ4n) is 1.92. The van der Waals surface area contributed by atoms with Crippen molar-refractivity contribution in [1.82, 2.24) is 4.90 Å². The van der Waals surface area contributed by atoms with Gasteiger partial charge in [0.1, 0.15) is 11.8 Å². The van der Waals surface area contributed by atoms with E-state index in [4.69, 9.17) is 10.5 Å². The molecule has 0 fully saturated rings. The highest BCUT2D eigenvalue weighted by Gasteiger charge is 2.18. The summed E-state index contributed by atoms with van der Waals surface area (Å²) in [6.07, 6.45) is 0. The molecule has 1 unspecified atom stereocenters. The number of carbonyl (C=O) groups is 1. The first-order valence-electron chi connectivity index (χ1n) is 6.52. The summed E-state index contributed by atoms with van der Waals surface area (Å²) < 4.78 is 5.16. The number of methoxy groups -OCH3 is 1. The van der Waals surface area contributed by atoms with E-state index in [9.17, 15) is 4.79 Å². The van der Waals surface area contributed by atoms with E-state index in [0.29, 0.717) is 24.5 Å². The molecule has 0 radical (unpaired) electrons. The summed E-state index contributed by atoms with van der Waals surface area (Å²) in [4.78, 5) is 13.9. The lowest BCUT2D eigenvalue weighted by Gasteiger charge is -2.24. The molecule has 0 spiro atoms.